The Hall–Kier alpha value is -2.56. The van der Waals surface area contributed by atoms with Gasteiger partial charge < -0.3 is 4.90 Å². The predicted octanol–water partition coefficient (Wildman–Crippen LogP) is 2.28. The number of nitrogens with zero attached hydrogens (tertiary/aromatic N) is 4. The predicted molar refractivity (Wildman–Crippen MR) is 77.2 cm³/mol. The minimum absolute atomic E-state index is 0.144. The van der Waals surface area contributed by atoms with Crippen molar-refractivity contribution in [3.05, 3.63) is 40.5 Å². The van der Waals surface area contributed by atoms with Crippen LogP contribution in [0, 0.1) is 15.9 Å². The van der Waals surface area contributed by atoms with Crippen molar-refractivity contribution in [1.29, 1.82) is 0 Å². The van der Waals surface area contributed by atoms with Crippen LogP contribution in [0.5, 0.6) is 0 Å². The van der Waals surface area contributed by atoms with E-state index in [-0.39, 0.29) is 6.54 Å². The van der Waals surface area contributed by atoms with E-state index >= 15 is 0 Å². The molecule has 0 fully saturated rings. The Morgan fingerprint density at radius 2 is 2.09 bits per heavy atom. The topological polar surface area (TPSA) is 98.3 Å². The Bertz CT molecular complexity index is 866. The van der Waals surface area contributed by atoms with Crippen LogP contribution in [0.4, 0.5) is 25.3 Å². The molecule has 0 saturated carbocycles. The number of aryl methyl sites for hydroxylation is 1. The summed E-state index contributed by atoms with van der Waals surface area (Å²) in [6.45, 7) is 1.77. The second-order valence-corrected chi connectivity index (χ2v) is 5.93. The van der Waals surface area contributed by atoms with Crippen LogP contribution in [0.2, 0.25) is 0 Å². The Balaban J connectivity index is 2.72. The lowest BCUT2D eigenvalue weighted by Gasteiger charge is -2.21. The van der Waals surface area contributed by atoms with Crippen molar-refractivity contribution in [2.75, 3.05) is 11.4 Å². The molecular weight excluding hydrogens is 334 g/mol. The van der Waals surface area contributed by atoms with Gasteiger partial charge in [0, 0.05) is 25.9 Å². The number of rotatable bonds is 5. The highest BCUT2D eigenvalue weighted by atomic mass is 32.3. The molecule has 0 N–H and O–H groups in total. The van der Waals surface area contributed by atoms with Crippen LogP contribution < -0.4 is 4.90 Å². The number of anilines is 2. The molecule has 0 amide bonds. The third-order valence-electron chi connectivity index (χ3n) is 3.08. The van der Waals surface area contributed by atoms with Crippen LogP contribution >= 0.6 is 0 Å². The van der Waals surface area contributed by atoms with E-state index in [4.69, 9.17) is 0 Å². The normalized spacial score (nSPS) is 11.5. The standard InChI is InChI=1S/C12H12F2N4O4S/c1-3-17(8-6-15-16(2)7-8)12-10(13)4-9(23(14,21)22)5-11(12)18(19)20/h4-7H,3H2,1-2H3. The molecule has 0 unspecified atom stereocenters. The zero-order valence-corrected chi connectivity index (χ0v) is 12.9. The van der Waals surface area contributed by atoms with E-state index in [1.165, 1.54) is 22.0 Å². The SMILES string of the molecule is CCN(c1cnn(C)c1)c1c(F)cc(S(=O)(=O)F)cc1[N+](=O)[O-]. The zero-order chi connectivity index (χ0) is 17.4. The van der Waals surface area contributed by atoms with Crippen LogP contribution in [0.15, 0.2) is 29.4 Å². The van der Waals surface area contributed by atoms with Gasteiger partial charge >= 0.3 is 10.2 Å². The van der Waals surface area contributed by atoms with Crippen molar-refractivity contribution in [2.24, 2.45) is 7.05 Å². The summed E-state index contributed by atoms with van der Waals surface area (Å²) >= 11 is 0. The number of halogens is 2. The number of nitro groups is 1. The van der Waals surface area contributed by atoms with E-state index in [1.54, 1.807) is 14.0 Å². The Morgan fingerprint density at radius 3 is 2.52 bits per heavy atom. The summed E-state index contributed by atoms with van der Waals surface area (Å²) in [6.07, 6.45) is 2.87. The van der Waals surface area contributed by atoms with Crippen molar-refractivity contribution in [1.82, 2.24) is 9.78 Å². The number of benzene rings is 1. The van der Waals surface area contributed by atoms with E-state index in [1.807, 2.05) is 0 Å². The maximum atomic E-state index is 14.3. The zero-order valence-electron chi connectivity index (χ0n) is 12.1. The molecule has 0 aliphatic carbocycles. The second-order valence-electron chi connectivity index (χ2n) is 4.58. The molecular formula is C12H12F2N4O4S. The fourth-order valence-electron chi connectivity index (χ4n) is 2.13. The average molecular weight is 346 g/mol. The molecule has 1 aromatic heterocycles. The van der Waals surface area contributed by atoms with Gasteiger partial charge in [-0.25, -0.2) is 4.39 Å². The highest BCUT2D eigenvalue weighted by Gasteiger charge is 2.29. The van der Waals surface area contributed by atoms with Crippen molar-refractivity contribution >= 4 is 27.3 Å². The number of hydrogen-bond donors (Lipinski definition) is 0. The van der Waals surface area contributed by atoms with E-state index in [2.05, 4.69) is 5.10 Å². The minimum atomic E-state index is -5.27. The van der Waals surface area contributed by atoms with Gasteiger partial charge in [0.1, 0.15) is 4.90 Å². The molecule has 0 radical (unpaired) electrons. The maximum Gasteiger partial charge on any atom is 0.332 e. The van der Waals surface area contributed by atoms with Gasteiger partial charge in [-0.15, -0.1) is 3.89 Å². The van der Waals surface area contributed by atoms with Crippen LogP contribution in [0.3, 0.4) is 0 Å². The Kier molecular flexibility index (Phi) is 4.32. The van der Waals surface area contributed by atoms with Crippen molar-refractivity contribution < 1.29 is 21.6 Å². The summed E-state index contributed by atoms with van der Waals surface area (Å²) in [5.74, 6) is -1.22. The first-order chi connectivity index (χ1) is 10.6. The molecule has 0 atom stereocenters. The second kappa shape index (κ2) is 5.91. The van der Waals surface area contributed by atoms with Crippen molar-refractivity contribution in [3.63, 3.8) is 0 Å². The number of hydrogen-bond acceptors (Lipinski definition) is 6. The highest BCUT2D eigenvalue weighted by Crippen LogP contribution is 2.38. The van der Waals surface area contributed by atoms with Gasteiger partial charge in [0.15, 0.2) is 11.5 Å². The third-order valence-corrected chi connectivity index (χ3v) is 3.88. The largest absolute Gasteiger partial charge is 0.332 e. The first kappa shape index (κ1) is 16.8. The highest BCUT2D eigenvalue weighted by molar-refractivity contribution is 7.86. The Morgan fingerprint density at radius 1 is 1.43 bits per heavy atom. The fourth-order valence-corrected chi connectivity index (χ4v) is 2.62. The molecule has 8 nitrogen and oxygen atoms in total. The molecule has 1 heterocycles. The van der Waals surface area contributed by atoms with Gasteiger partial charge in [-0.1, -0.05) is 0 Å². The smallest absolute Gasteiger partial charge is 0.331 e. The van der Waals surface area contributed by atoms with E-state index in [0.29, 0.717) is 17.8 Å². The first-order valence-electron chi connectivity index (χ1n) is 6.34. The summed E-state index contributed by atoms with van der Waals surface area (Å²) in [5, 5.41) is 15.1. The van der Waals surface area contributed by atoms with Gasteiger partial charge in [0.25, 0.3) is 5.69 Å². The molecule has 0 bridgehead atoms. The fraction of sp³-hybridized carbons (Fsp3) is 0.250. The lowest BCUT2D eigenvalue weighted by Crippen LogP contribution is -2.19. The summed E-state index contributed by atoms with van der Waals surface area (Å²) in [7, 11) is -3.66. The molecule has 2 rings (SSSR count). The number of aromatic nitrogens is 2. The van der Waals surface area contributed by atoms with Gasteiger partial charge in [-0.05, 0) is 13.0 Å². The molecule has 0 saturated heterocycles. The van der Waals surface area contributed by atoms with Crippen LogP contribution in [-0.2, 0) is 17.3 Å². The lowest BCUT2D eigenvalue weighted by molar-refractivity contribution is -0.384. The molecule has 1 aromatic carbocycles. The van der Waals surface area contributed by atoms with Crippen LogP contribution in [-0.4, -0.2) is 29.7 Å². The molecule has 23 heavy (non-hydrogen) atoms. The summed E-state index contributed by atoms with van der Waals surface area (Å²) in [5.41, 5.74) is -0.947. The molecule has 124 valence electrons. The monoisotopic (exact) mass is 346 g/mol. The molecule has 0 aliphatic heterocycles. The summed E-state index contributed by atoms with van der Waals surface area (Å²) in [6, 6.07) is 0.906. The summed E-state index contributed by atoms with van der Waals surface area (Å²) < 4.78 is 50.6. The van der Waals surface area contributed by atoms with E-state index < -0.39 is 37.2 Å². The van der Waals surface area contributed by atoms with Gasteiger partial charge in [0.05, 0.1) is 16.8 Å². The van der Waals surface area contributed by atoms with Gasteiger partial charge in [-0.2, -0.15) is 13.5 Å². The average Bonchev–Trinajstić information content (AvgIpc) is 2.86. The summed E-state index contributed by atoms with van der Waals surface area (Å²) in [4.78, 5) is 10.4. The van der Waals surface area contributed by atoms with Crippen molar-refractivity contribution in [3.8, 4) is 0 Å². The minimum Gasteiger partial charge on any atom is -0.331 e. The number of nitro benzene ring substituents is 1. The van der Waals surface area contributed by atoms with Crippen LogP contribution in [0.25, 0.3) is 0 Å². The molecule has 2 aromatic rings. The molecule has 0 aliphatic rings. The Labute approximate surface area is 130 Å². The molecule has 11 heteroatoms. The van der Waals surface area contributed by atoms with Gasteiger partial charge in [0.2, 0.25) is 0 Å². The van der Waals surface area contributed by atoms with Crippen LogP contribution in [0.1, 0.15) is 6.92 Å². The first-order valence-corrected chi connectivity index (χ1v) is 7.72. The van der Waals surface area contributed by atoms with Crippen molar-refractivity contribution in [2.45, 2.75) is 11.8 Å². The van der Waals surface area contributed by atoms with Gasteiger partial charge in [-0.3, -0.25) is 14.8 Å². The third kappa shape index (κ3) is 3.28. The van der Waals surface area contributed by atoms with E-state index in [9.17, 15) is 26.8 Å². The lowest BCUT2D eigenvalue weighted by atomic mass is 10.2. The van der Waals surface area contributed by atoms with E-state index in [0.717, 1.165) is 0 Å². The quantitative estimate of drug-likeness (QED) is 0.468. The maximum absolute atomic E-state index is 14.3. The molecule has 0 spiro atoms.